The summed E-state index contributed by atoms with van der Waals surface area (Å²) in [5.74, 6) is 0.560. The molecule has 4 heteroatoms. The van der Waals surface area contributed by atoms with Crippen LogP contribution in [0.1, 0.15) is 31.7 Å². The predicted molar refractivity (Wildman–Crippen MR) is 71.7 cm³/mol. The number of allylic oxidation sites excluding steroid dienone is 1. The van der Waals surface area contributed by atoms with Crippen LogP contribution >= 0.6 is 11.6 Å². The molecule has 2 heterocycles. The molecule has 100 valence electrons. The summed E-state index contributed by atoms with van der Waals surface area (Å²) in [6, 6.07) is 7.57. The van der Waals surface area contributed by atoms with Gasteiger partial charge < -0.3 is 9.47 Å². The molecular weight excluding hydrogens is 264 g/mol. The van der Waals surface area contributed by atoms with Crippen LogP contribution in [0.25, 0.3) is 0 Å². The van der Waals surface area contributed by atoms with Crippen LogP contribution in [0.3, 0.4) is 0 Å². The second-order valence-corrected chi connectivity index (χ2v) is 5.59. The highest BCUT2D eigenvalue weighted by atomic mass is 35.5. The first kappa shape index (κ1) is 12.5. The van der Waals surface area contributed by atoms with Crippen molar-refractivity contribution in [2.24, 2.45) is 0 Å². The first-order valence-electron chi connectivity index (χ1n) is 6.43. The highest BCUT2D eigenvalue weighted by Crippen LogP contribution is 2.44. The Hall–Kier alpha value is -1.48. The molecule has 1 atom stereocenters. The van der Waals surface area contributed by atoms with E-state index in [1.807, 2.05) is 31.2 Å². The van der Waals surface area contributed by atoms with Crippen molar-refractivity contribution < 1.29 is 14.3 Å². The molecule has 0 amide bonds. The van der Waals surface area contributed by atoms with Crippen molar-refractivity contribution in [2.75, 3.05) is 6.61 Å². The van der Waals surface area contributed by atoms with E-state index in [0.717, 1.165) is 24.2 Å². The molecule has 0 radical (unpaired) electrons. The molecule has 0 aromatic heterocycles. The molecule has 1 unspecified atom stereocenters. The van der Waals surface area contributed by atoms with E-state index in [0.29, 0.717) is 23.6 Å². The molecule has 0 aliphatic carbocycles. The van der Waals surface area contributed by atoms with Gasteiger partial charge in [-0.05, 0) is 31.0 Å². The van der Waals surface area contributed by atoms with Gasteiger partial charge in [-0.1, -0.05) is 23.7 Å². The fourth-order valence-electron chi connectivity index (χ4n) is 2.64. The Morgan fingerprint density at radius 1 is 1.26 bits per heavy atom. The Morgan fingerprint density at radius 2 is 2.00 bits per heavy atom. The Balaban J connectivity index is 1.90. The molecule has 3 nitrogen and oxygen atoms in total. The first-order chi connectivity index (χ1) is 9.08. The first-order valence-corrected chi connectivity index (χ1v) is 6.80. The molecule has 0 saturated heterocycles. The Labute approximate surface area is 117 Å². The Bertz CT molecular complexity index is 547. The van der Waals surface area contributed by atoms with E-state index in [9.17, 15) is 4.79 Å². The van der Waals surface area contributed by atoms with Gasteiger partial charge in [0.2, 0.25) is 0 Å². The number of cyclic esters (lactones) is 1. The van der Waals surface area contributed by atoms with Crippen molar-refractivity contribution in [2.45, 2.75) is 31.8 Å². The zero-order valence-corrected chi connectivity index (χ0v) is 11.5. The van der Waals surface area contributed by atoms with Crippen molar-refractivity contribution in [3.8, 4) is 0 Å². The number of ether oxygens (including phenoxy) is 2. The maximum Gasteiger partial charge on any atom is 0.337 e. The quantitative estimate of drug-likeness (QED) is 0.737. The Kier molecular flexibility index (Phi) is 3.02. The SMILES string of the molecule is CC1(c2ccc(Cl)cc2)CC2=C(CCCOC2=O)O1. The van der Waals surface area contributed by atoms with Crippen LogP contribution in [0.5, 0.6) is 0 Å². The molecule has 19 heavy (non-hydrogen) atoms. The van der Waals surface area contributed by atoms with Crippen molar-refractivity contribution >= 4 is 17.6 Å². The largest absolute Gasteiger partial charge is 0.486 e. The normalized spacial score (nSPS) is 26.5. The lowest BCUT2D eigenvalue weighted by atomic mass is 9.90. The third-order valence-electron chi connectivity index (χ3n) is 3.68. The summed E-state index contributed by atoms with van der Waals surface area (Å²) in [6.45, 7) is 2.48. The van der Waals surface area contributed by atoms with Crippen LogP contribution in [-0.4, -0.2) is 12.6 Å². The maximum absolute atomic E-state index is 11.9. The minimum atomic E-state index is -0.494. The van der Waals surface area contributed by atoms with Crippen molar-refractivity contribution in [3.05, 3.63) is 46.2 Å². The monoisotopic (exact) mass is 278 g/mol. The summed E-state index contributed by atoms with van der Waals surface area (Å²) in [5, 5.41) is 0.694. The van der Waals surface area contributed by atoms with Crippen molar-refractivity contribution in [1.82, 2.24) is 0 Å². The number of rotatable bonds is 1. The fourth-order valence-corrected chi connectivity index (χ4v) is 2.77. The van der Waals surface area contributed by atoms with Crippen molar-refractivity contribution in [3.63, 3.8) is 0 Å². The summed E-state index contributed by atoms with van der Waals surface area (Å²) in [4.78, 5) is 11.9. The lowest BCUT2D eigenvalue weighted by Gasteiger charge is -2.26. The van der Waals surface area contributed by atoms with E-state index in [-0.39, 0.29) is 5.97 Å². The zero-order valence-electron chi connectivity index (χ0n) is 10.7. The molecular formula is C15H15ClO3. The Morgan fingerprint density at radius 3 is 2.74 bits per heavy atom. The maximum atomic E-state index is 11.9. The standard InChI is InChI=1S/C15H15ClO3/c1-15(10-4-6-11(16)7-5-10)9-12-13(19-15)3-2-8-18-14(12)17/h4-7H,2-3,8-9H2,1H3. The summed E-state index contributed by atoms with van der Waals surface area (Å²) in [5.41, 5.74) is 1.22. The summed E-state index contributed by atoms with van der Waals surface area (Å²) < 4.78 is 11.2. The van der Waals surface area contributed by atoms with E-state index in [1.54, 1.807) is 0 Å². The van der Waals surface area contributed by atoms with E-state index < -0.39 is 5.60 Å². The molecule has 0 N–H and O–H groups in total. The van der Waals surface area contributed by atoms with E-state index >= 15 is 0 Å². The zero-order chi connectivity index (χ0) is 13.5. The number of benzene rings is 1. The summed E-state index contributed by atoms with van der Waals surface area (Å²) in [6.07, 6.45) is 2.15. The van der Waals surface area contributed by atoms with E-state index in [2.05, 4.69) is 0 Å². The number of carbonyl (C=O) groups is 1. The summed E-state index contributed by atoms with van der Waals surface area (Å²) in [7, 11) is 0. The summed E-state index contributed by atoms with van der Waals surface area (Å²) >= 11 is 5.91. The number of hydrogen-bond donors (Lipinski definition) is 0. The van der Waals surface area contributed by atoms with Gasteiger partial charge in [0.15, 0.2) is 0 Å². The van der Waals surface area contributed by atoms with Gasteiger partial charge in [0, 0.05) is 17.9 Å². The average molecular weight is 279 g/mol. The average Bonchev–Trinajstić information content (AvgIpc) is 2.65. The molecule has 0 fully saturated rings. The predicted octanol–water partition coefficient (Wildman–Crippen LogP) is 3.57. The molecule has 1 aromatic rings. The van der Waals surface area contributed by atoms with Crippen LogP contribution in [-0.2, 0) is 19.9 Å². The second-order valence-electron chi connectivity index (χ2n) is 5.16. The van der Waals surface area contributed by atoms with E-state index in [1.165, 1.54) is 0 Å². The highest BCUT2D eigenvalue weighted by molar-refractivity contribution is 6.30. The molecule has 0 saturated carbocycles. The molecule has 0 bridgehead atoms. The van der Waals surface area contributed by atoms with Gasteiger partial charge in [0.05, 0.1) is 12.2 Å². The third-order valence-corrected chi connectivity index (χ3v) is 3.93. The molecule has 2 aliphatic heterocycles. The second kappa shape index (κ2) is 4.57. The van der Waals surface area contributed by atoms with Crippen LogP contribution in [0.15, 0.2) is 35.6 Å². The lowest BCUT2D eigenvalue weighted by molar-refractivity contribution is -0.139. The van der Waals surface area contributed by atoms with Crippen LogP contribution in [0.2, 0.25) is 5.02 Å². The number of carbonyl (C=O) groups excluding carboxylic acids is 1. The molecule has 0 spiro atoms. The van der Waals surface area contributed by atoms with Gasteiger partial charge in [-0.3, -0.25) is 0 Å². The number of halogens is 1. The molecule has 2 aliphatic rings. The molecule has 3 rings (SSSR count). The number of esters is 1. The lowest BCUT2D eigenvalue weighted by Crippen LogP contribution is -2.22. The molecule has 1 aromatic carbocycles. The topological polar surface area (TPSA) is 35.5 Å². The van der Waals surface area contributed by atoms with Crippen LogP contribution in [0, 0.1) is 0 Å². The smallest absolute Gasteiger partial charge is 0.337 e. The third kappa shape index (κ3) is 2.23. The van der Waals surface area contributed by atoms with E-state index in [4.69, 9.17) is 21.1 Å². The van der Waals surface area contributed by atoms with Gasteiger partial charge in [0.25, 0.3) is 0 Å². The minimum absolute atomic E-state index is 0.231. The van der Waals surface area contributed by atoms with Gasteiger partial charge in [-0.25, -0.2) is 4.79 Å². The fraction of sp³-hybridized carbons (Fsp3) is 0.400. The highest BCUT2D eigenvalue weighted by Gasteiger charge is 2.41. The van der Waals surface area contributed by atoms with Crippen LogP contribution in [0.4, 0.5) is 0 Å². The van der Waals surface area contributed by atoms with Crippen molar-refractivity contribution in [1.29, 1.82) is 0 Å². The number of hydrogen-bond acceptors (Lipinski definition) is 3. The van der Waals surface area contributed by atoms with Crippen LogP contribution < -0.4 is 0 Å². The van der Waals surface area contributed by atoms with Gasteiger partial charge in [-0.2, -0.15) is 0 Å². The van der Waals surface area contributed by atoms with Gasteiger partial charge >= 0.3 is 5.97 Å². The van der Waals surface area contributed by atoms with Gasteiger partial charge in [0.1, 0.15) is 11.4 Å². The van der Waals surface area contributed by atoms with Gasteiger partial charge in [-0.15, -0.1) is 0 Å². The minimum Gasteiger partial charge on any atom is -0.486 e.